The Morgan fingerprint density at radius 1 is 1.48 bits per heavy atom. The van der Waals surface area contributed by atoms with E-state index in [2.05, 4.69) is 5.32 Å². The van der Waals surface area contributed by atoms with Crippen molar-refractivity contribution >= 4 is 40.6 Å². The zero-order chi connectivity index (χ0) is 16.3. The quantitative estimate of drug-likeness (QED) is 0.861. The van der Waals surface area contributed by atoms with Gasteiger partial charge in [0.15, 0.2) is 5.76 Å². The van der Waals surface area contributed by atoms with Crippen LogP contribution >= 0.6 is 23.7 Å². The summed E-state index contributed by atoms with van der Waals surface area (Å²) in [7, 11) is 1.72. The van der Waals surface area contributed by atoms with Crippen LogP contribution in [0, 0.1) is 6.92 Å². The van der Waals surface area contributed by atoms with Crippen LogP contribution < -0.4 is 11.1 Å². The number of nitrogens with two attached hydrogens (primary N) is 1. The summed E-state index contributed by atoms with van der Waals surface area (Å²) in [6.07, 6.45) is 1.44. The average molecular weight is 358 g/mol. The molecule has 2 heterocycles. The van der Waals surface area contributed by atoms with E-state index in [0.717, 1.165) is 5.56 Å². The highest BCUT2D eigenvalue weighted by atomic mass is 35.5. The Bertz CT molecular complexity index is 670. The van der Waals surface area contributed by atoms with E-state index in [1.165, 1.54) is 17.6 Å². The van der Waals surface area contributed by atoms with E-state index in [1.54, 1.807) is 30.1 Å². The highest BCUT2D eigenvalue weighted by Crippen LogP contribution is 2.28. The fraction of sp³-hybridized carbons (Fsp3) is 0.333. The third-order valence-electron chi connectivity index (χ3n) is 3.42. The maximum atomic E-state index is 12.4. The first-order chi connectivity index (χ1) is 10.4. The molecule has 0 aliphatic carbocycles. The molecular weight excluding hydrogens is 338 g/mol. The summed E-state index contributed by atoms with van der Waals surface area (Å²) in [4.78, 5) is 26.6. The van der Waals surface area contributed by atoms with E-state index in [-0.39, 0.29) is 36.0 Å². The monoisotopic (exact) mass is 357 g/mol. The summed E-state index contributed by atoms with van der Waals surface area (Å²) in [5.41, 5.74) is 6.41. The molecule has 0 saturated carbocycles. The van der Waals surface area contributed by atoms with E-state index in [9.17, 15) is 9.59 Å². The van der Waals surface area contributed by atoms with Crippen molar-refractivity contribution in [1.29, 1.82) is 0 Å². The van der Waals surface area contributed by atoms with Gasteiger partial charge in [0, 0.05) is 19.6 Å². The SMILES string of the molecule is Cc1cc(NC(=O)c2ccco2)sc1C(=O)N(C)C(C)CN.Cl. The number of carbonyl (C=O) groups excluding carboxylic acids is 2. The van der Waals surface area contributed by atoms with Crippen molar-refractivity contribution in [2.24, 2.45) is 5.73 Å². The number of nitrogens with zero attached hydrogens (tertiary/aromatic N) is 1. The molecule has 2 amide bonds. The molecule has 0 radical (unpaired) electrons. The molecule has 0 aliphatic rings. The lowest BCUT2D eigenvalue weighted by Crippen LogP contribution is -2.39. The molecule has 0 spiro atoms. The predicted octanol–water partition coefficient (Wildman–Crippen LogP) is 2.74. The smallest absolute Gasteiger partial charge is 0.291 e. The minimum Gasteiger partial charge on any atom is -0.459 e. The lowest BCUT2D eigenvalue weighted by molar-refractivity contribution is 0.0752. The van der Waals surface area contributed by atoms with Gasteiger partial charge in [-0.2, -0.15) is 0 Å². The molecule has 0 aromatic carbocycles. The molecule has 1 atom stereocenters. The summed E-state index contributed by atoms with van der Waals surface area (Å²) in [5.74, 6) is -0.208. The van der Waals surface area contributed by atoms with Gasteiger partial charge in [-0.1, -0.05) is 0 Å². The minimum absolute atomic E-state index is 0. The molecule has 2 aromatic rings. The van der Waals surface area contributed by atoms with Gasteiger partial charge in [-0.3, -0.25) is 9.59 Å². The van der Waals surface area contributed by atoms with Crippen LogP contribution in [0.5, 0.6) is 0 Å². The van der Waals surface area contributed by atoms with E-state index >= 15 is 0 Å². The van der Waals surface area contributed by atoms with Gasteiger partial charge >= 0.3 is 0 Å². The first-order valence-electron chi connectivity index (χ1n) is 6.86. The van der Waals surface area contributed by atoms with Gasteiger partial charge in [0.2, 0.25) is 0 Å². The molecule has 2 aromatic heterocycles. The van der Waals surface area contributed by atoms with Gasteiger partial charge in [0.25, 0.3) is 11.8 Å². The number of rotatable bonds is 5. The first-order valence-corrected chi connectivity index (χ1v) is 7.68. The molecule has 23 heavy (non-hydrogen) atoms. The van der Waals surface area contributed by atoms with Crippen molar-refractivity contribution in [3.63, 3.8) is 0 Å². The topological polar surface area (TPSA) is 88.6 Å². The Labute approximate surface area is 145 Å². The Kier molecular flexibility index (Phi) is 6.80. The van der Waals surface area contributed by atoms with Gasteiger partial charge in [-0.05, 0) is 37.6 Å². The third-order valence-corrected chi connectivity index (χ3v) is 4.56. The van der Waals surface area contributed by atoms with Crippen LogP contribution in [-0.4, -0.2) is 36.3 Å². The van der Waals surface area contributed by atoms with Gasteiger partial charge < -0.3 is 20.4 Å². The Morgan fingerprint density at radius 3 is 2.74 bits per heavy atom. The van der Waals surface area contributed by atoms with Crippen molar-refractivity contribution in [2.75, 3.05) is 18.9 Å². The second-order valence-corrected chi connectivity index (χ2v) is 6.11. The van der Waals surface area contributed by atoms with Crippen molar-refractivity contribution in [3.8, 4) is 0 Å². The van der Waals surface area contributed by atoms with Gasteiger partial charge in [-0.25, -0.2) is 0 Å². The van der Waals surface area contributed by atoms with Crippen molar-refractivity contribution in [3.05, 3.63) is 40.7 Å². The number of halogens is 1. The molecular formula is C15H20ClN3O3S. The largest absolute Gasteiger partial charge is 0.459 e. The summed E-state index contributed by atoms with van der Waals surface area (Å²) in [5, 5.41) is 3.34. The first kappa shape index (κ1) is 19.2. The lowest BCUT2D eigenvalue weighted by atomic mass is 10.2. The van der Waals surface area contributed by atoms with Crippen LogP contribution in [0.3, 0.4) is 0 Å². The normalized spacial score (nSPS) is 11.5. The van der Waals surface area contributed by atoms with Crippen LogP contribution in [0.1, 0.15) is 32.7 Å². The number of thiophene rings is 1. The molecule has 6 nitrogen and oxygen atoms in total. The van der Waals surface area contributed by atoms with Crippen LogP contribution in [0.4, 0.5) is 5.00 Å². The van der Waals surface area contributed by atoms with Gasteiger partial charge in [0.05, 0.1) is 16.1 Å². The number of likely N-dealkylation sites (N-methyl/N-ethyl adjacent to an activating group) is 1. The van der Waals surface area contributed by atoms with Crippen LogP contribution in [0.2, 0.25) is 0 Å². The van der Waals surface area contributed by atoms with E-state index in [0.29, 0.717) is 16.4 Å². The number of anilines is 1. The van der Waals surface area contributed by atoms with Crippen LogP contribution in [-0.2, 0) is 0 Å². The average Bonchev–Trinajstić information content (AvgIpc) is 3.14. The summed E-state index contributed by atoms with van der Waals surface area (Å²) < 4.78 is 5.04. The zero-order valence-corrected chi connectivity index (χ0v) is 14.8. The van der Waals surface area contributed by atoms with Gasteiger partial charge in [-0.15, -0.1) is 23.7 Å². The van der Waals surface area contributed by atoms with E-state index in [4.69, 9.17) is 10.2 Å². The molecule has 0 bridgehead atoms. The third kappa shape index (κ3) is 4.34. The maximum absolute atomic E-state index is 12.4. The fourth-order valence-electron chi connectivity index (χ4n) is 1.86. The molecule has 2 rings (SSSR count). The summed E-state index contributed by atoms with van der Waals surface area (Å²) >= 11 is 1.24. The standard InChI is InChI=1S/C15H19N3O3S.ClH/c1-9-7-12(17-14(19)11-5-4-6-21-11)22-13(9)15(20)18(3)10(2)8-16;/h4-7,10H,8,16H2,1-3H3,(H,17,19);1H. The molecule has 8 heteroatoms. The molecule has 1 unspecified atom stereocenters. The second kappa shape index (κ2) is 8.14. The minimum atomic E-state index is -0.339. The highest BCUT2D eigenvalue weighted by molar-refractivity contribution is 7.18. The van der Waals surface area contributed by atoms with Crippen LogP contribution in [0.25, 0.3) is 0 Å². The van der Waals surface area contributed by atoms with E-state index in [1.807, 2.05) is 13.8 Å². The number of aryl methyl sites for hydroxylation is 1. The fourth-order valence-corrected chi connectivity index (χ4v) is 2.91. The molecule has 0 aliphatic heterocycles. The summed E-state index contributed by atoms with van der Waals surface area (Å²) in [6, 6.07) is 4.96. The lowest BCUT2D eigenvalue weighted by Gasteiger charge is -2.23. The molecule has 3 N–H and O–H groups in total. The Morgan fingerprint density at radius 2 is 2.17 bits per heavy atom. The van der Waals surface area contributed by atoms with Crippen molar-refractivity contribution in [1.82, 2.24) is 4.90 Å². The molecule has 0 saturated heterocycles. The number of hydrogen-bond donors (Lipinski definition) is 2. The maximum Gasteiger partial charge on any atom is 0.291 e. The molecule has 126 valence electrons. The Balaban J connectivity index is 0.00000264. The second-order valence-electron chi connectivity index (χ2n) is 5.05. The number of amides is 2. The highest BCUT2D eigenvalue weighted by Gasteiger charge is 2.21. The number of furan rings is 1. The van der Waals surface area contributed by atoms with Crippen LogP contribution in [0.15, 0.2) is 28.9 Å². The van der Waals surface area contributed by atoms with E-state index < -0.39 is 0 Å². The summed E-state index contributed by atoms with van der Waals surface area (Å²) in [6.45, 7) is 4.13. The van der Waals surface area contributed by atoms with Gasteiger partial charge in [0.1, 0.15) is 0 Å². The molecule has 0 fully saturated rings. The Hall–Kier alpha value is -1.83. The predicted molar refractivity (Wildman–Crippen MR) is 93.6 cm³/mol. The van der Waals surface area contributed by atoms with Crippen molar-refractivity contribution < 1.29 is 14.0 Å². The number of carbonyl (C=O) groups is 2. The number of hydrogen-bond acceptors (Lipinski definition) is 5. The number of nitrogens with one attached hydrogen (secondary N) is 1. The zero-order valence-electron chi connectivity index (χ0n) is 13.2. The van der Waals surface area contributed by atoms with Crippen molar-refractivity contribution in [2.45, 2.75) is 19.9 Å².